The zero-order valence-corrected chi connectivity index (χ0v) is 13.8. The van der Waals surface area contributed by atoms with Gasteiger partial charge in [-0.3, -0.25) is 4.79 Å². The van der Waals surface area contributed by atoms with Crippen molar-refractivity contribution in [1.82, 2.24) is 0 Å². The molecule has 0 aliphatic carbocycles. The first kappa shape index (κ1) is 14.6. The summed E-state index contributed by atoms with van der Waals surface area (Å²) in [5, 5.41) is 2.66. The summed E-state index contributed by atoms with van der Waals surface area (Å²) in [6.07, 6.45) is 0. The number of ketones is 1. The molecule has 0 spiro atoms. The Morgan fingerprint density at radius 1 is 1.42 bits per heavy atom. The van der Waals surface area contributed by atoms with Crippen LogP contribution in [-0.2, 0) is 6.54 Å². The van der Waals surface area contributed by atoms with Crippen molar-refractivity contribution in [2.45, 2.75) is 13.5 Å². The third kappa shape index (κ3) is 3.59. The first-order valence-electron chi connectivity index (χ1n) is 5.72. The Kier molecular flexibility index (Phi) is 4.66. The lowest BCUT2D eigenvalue weighted by molar-refractivity contribution is 0.101. The number of Topliss-reactive ketones (excluding diaryl/α,β-unsaturated/α-hetero) is 1. The van der Waals surface area contributed by atoms with E-state index in [4.69, 9.17) is 11.6 Å². The Balaban J connectivity index is 2.19. The molecule has 0 unspecified atom stereocenters. The molecule has 1 aromatic carbocycles. The number of rotatable bonds is 4. The fourth-order valence-electron chi connectivity index (χ4n) is 1.79. The molecule has 0 fully saturated rings. The van der Waals surface area contributed by atoms with Crippen LogP contribution in [0.1, 0.15) is 22.2 Å². The third-order valence-electron chi connectivity index (χ3n) is 2.78. The van der Waals surface area contributed by atoms with Gasteiger partial charge in [0.05, 0.1) is 17.3 Å². The van der Waals surface area contributed by atoms with Crippen LogP contribution in [0.2, 0.25) is 5.02 Å². The van der Waals surface area contributed by atoms with Crippen LogP contribution in [0.15, 0.2) is 34.1 Å². The molecule has 0 atom stereocenters. The summed E-state index contributed by atoms with van der Waals surface area (Å²) in [5.74, 6) is 0.0262. The van der Waals surface area contributed by atoms with Gasteiger partial charge in [0.25, 0.3) is 0 Å². The average molecular weight is 359 g/mol. The summed E-state index contributed by atoms with van der Waals surface area (Å²) < 4.78 is 1.10. The van der Waals surface area contributed by atoms with E-state index in [1.54, 1.807) is 17.4 Å². The number of hydrogen-bond acceptors (Lipinski definition) is 3. The minimum atomic E-state index is 0.0262. The molecule has 0 N–H and O–H groups in total. The highest BCUT2D eigenvalue weighted by Gasteiger charge is 2.10. The first-order chi connectivity index (χ1) is 8.97. The van der Waals surface area contributed by atoms with Gasteiger partial charge in [0.2, 0.25) is 0 Å². The quantitative estimate of drug-likeness (QED) is 0.717. The van der Waals surface area contributed by atoms with E-state index < -0.39 is 0 Å². The van der Waals surface area contributed by atoms with Gasteiger partial charge in [0.15, 0.2) is 5.78 Å². The second kappa shape index (κ2) is 6.07. The molecule has 0 aliphatic rings. The molecule has 100 valence electrons. The SMILES string of the molecule is CC(=O)c1ccc(N(C)Cc2cc(Br)cs2)c(Cl)c1. The largest absolute Gasteiger partial charge is 0.368 e. The summed E-state index contributed by atoms with van der Waals surface area (Å²) >= 11 is 11.4. The Morgan fingerprint density at radius 3 is 2.68 bits per heavy atom. The smallest absolute Gasteiger partial charge is 0.159 e. The van der Waals surface area contributed by atoms with Crippen molar-refractivity contribution >= 4 is 50.3 Å². The highest BCUT2D eigenvalue weighted by atomic mass is 79.9. The zero-order valence-electron chi connectivity index (χ0n) is 10.6. The first-order valence-corrected chi connectivity index (χ1v) is 7.77. The summed E-state index contributed by atoms with van der Waals surface area (Å²) in [5.41, 5.74) is 1.57. The second-order valence-corrected chi connectivity index (χ2v) is 6.63. The number of benzene rings is 1. The van der Waals surface area contributed by atoms with Crippen molar-refractivity contribution in [2.75, 3.05) is 11.9 Å². The van der Waals surface area contributed by atoms with E-state index in [0.717, 1.165) is 16.7 Å². The fourth-order valence-corrected chi connectivity index (χ4v) is 3.62. The minimum absolute atomic E-state index is 0.0262. The topological polar surface area (TPSA) is 20.3 Å². The normalized spacial score (nSPS) is 10.5. The monoisotopic (exact) mass is 357 g/mol. The van der Waals surface area contributed by atoms with Crippen LogP contribution >= 0.6 is 38.9 Å². The van der Waals surface area contributed by atoms with Crippen molar-refractivity contribution < 1.29 is 4.79 Å². The van der Waals surface area contributed by atoms with Crippen LogP contribution in [0, 0.1) is 0 Å². The van der Waals surface area contributed by atoms with E-state index >= 15 is 0 Å². The number of anilines is 1. The summed E-state index contributed by atoms with van der Waals surface area (Å²) in [6.45, 7) is 2.33. The van der Waals surface area contributed by atoms with E-state index in [0.29, 0.717) is 10.6 Å². The molecular formula is C14H13BrClNOS. The van der Waals surface area contributed by atoms with Crippen LogP contribution in [0.25, 0.3) is 0 Å². The van der Waals surface area contributed by atoms with Gasteiger partial charge in [-0.1, -0.05) is 11.6 Å². The maximum Gasteiger partial charge on any atom is 0.159 e. The van der Waals surface area contributed by atoms with Gasteiger partial charge in [-0.2, -0.15) is 0 Å². The molecule has 0 aliphatic heterocycles. The van der Waals surface area contributed by atoms with E-state index in [-0.39, 0.29) is 5.78 Å². The van der Waals surface area contributed by atoms with Gasteiger partial charge in [-0.15, -0.1) is 11.3 Å². The lowest BCUT2D eigenvalue weighted by Gasteiger charge is -2.20. The summed E-state index contributed by atoms with van der Waals surface area (Å²) in [6, 6.07) is 7.52. The van der Waals surface area contributed by atoms with E-state index in [1.807, 2.05) is 19.2 Å². The second-order valence-electron chi connectivity index (χ2n) is 4.31. The molecule has 0 radical (unpaired) electrons. The molecule has 0 bridgehead atoms. The predicted molar refractivity (Wildman–Crippen MR) is 85.6 cm³/mol. The fraction of sp³-hybridized carbons (Fsp3) is 0.214. The van der Waals surface area contributed by atoms with Crippen molar-refractivity contribution in [2.24, 2.45) is 0 Å². The van der Waals surface area contributed by atoms with Crippen molar-refractivity contribution in [3.05, 3.63) is 49.6 Å². The molecule has 19 heavy (non-hydrogen) atoms. The lowest BCUT2D eigenvalue weighted by Crippen LogP contribution is -2.16. The van der Waals surface area contributed by atoms with Crippen LogP contribution in [0.5, 0.6) is 0 Å². The summed E-state index contributed by atoms with van der Waals surface area (Å²) in [7, 11) is 1.99. The molecule has 2 aromatic rings. The Hall–Kier alpha value is -0.840. The van der Waals surface area contributed by atoms with Crippen molar-refractivity contribution in [3.63, 3.8) is 0 Å². The van der Waals surface area contributed by atoms with E-state index in [1.165, 1.54) is 11.8 Å². The third-order valence-corrected chi connectivity index (χ3v) is 4.77. The molecule has 5 heteroatoms. The maximum atomic E-state index is 11.3. The molecule has 2 rings (SSSR count). The molecule has 1 aromatic heterocycles. The molecule has 1 heterocycles. The molecular weight excluding hydrogens is 346 g/mol. The van der Waals surface area contributed by atoms with Crippen LogP contribution in [0.3, 0.4) is 0 Å². The van der Waals surface area contributed by atoms with Gasteiger partial charge < -0.3 is 4.90 Å². The molecule has 0 saturated carbocycles. The lowest BCUT2D eigenvalue weighted by atomic mass is 10.1. The molecule has 0 amide bonds. The highest BCUT2D eigenvalue weighted by Crippen LogP contribution is 2.29. The van der Waals surface area contributed by atoms with Gasteiger partial charge >= 0.3 is 0 Å². The Morgan fingerprint density at radius 2 is 2.16 bits per heavy atom. The van der Waals surface area contributed by atoms with Crippen LogP contribution in [-0.4, -0.2) is 12.8 Å². The summed E-state index contributed by atoms with van der Waals surface area (Å²) in [4.78, 5) is 14.6. The number of halogens is 2. The van der Waals surface area contributed by atoms with Gasteiger partial charge in [-0.25, -0.2) is 0 Å². The van der Waals surface area contributed by atoms with Crippen molar-refractivity contribution in [1.29, 1.82) is 0 Å². The number of nitrogens with zero attached hydrogens (tertiary/aromatic N) is 1. The number of carbonyl (C=O) groups excluding carboxylic acids is 1. The van der Waals surface area contributed by atoms with Gasteiger partial charge in [-0.05, 0) is 47.1 Å². The number of thiophene rings is 1. The van der Waals surface area contributed by atoms with Crippen LogP contribution < -0.4 is 4.90 Å². The average Bonchev–Trinajstić information content (AvgIpc) is 2.74. The number of carbonyl (C=O) groups is 1. The van der Waals surface area contributed by atoms with Crippen molar-refractivity contribution in [3.8, 4) is 0 Å². The highest BCUT2D eigenvalue weighted by molar-refractivity contribution is 9.10. The molecule has 2 nitrogen and oxygen atoms in total. The minimum Gasteiger partial charge on any atom is -0.368 e. The Labute approximate surface area is 130 Å². The van der Waals surface area contributed by atoms with E-state index in [2.05, 4.69) is 32.3 Å². The zero-order chi connectivity index (χ0) is 14.0. The standard InChI is InChI=1S/C14H13BrClNOS/c1-9(18)10-3-4-14(13(16)5-10)17(2)7-12-6-11(15)8-19-12/h3-6,8H,7H2,1-2H3. The Bertz CT molecular complexity index is 611. The van der Waals surface area contributed by atoms with Gasteiger partial charge in [0, 0.05) is 27.3 Å². The maximum absolute atomic E-state index is 11.3. The van der Waals surface area contributed by atoms with Crippen LogP contribution in [0.4, 0.5) is 5.69 Å². The van der Waals surface area contributed by atoms with E-state index in [9.17, 15) is 4.79 Å². The molecule has 0 saturated heterocycles. The predicted octanol–water partition coefficient (Wildman–Crippen LogP) is 5.00. The number of hydrogen-bond donors (Lipinski definition) is 0. The van der Waals surface area contributed by atoms with Gasteiger partial charge in [0.1, 0.15) is 0 Å².